The fourth-order valence-corrected chi connectivity index (χ4v) is 4.43. The number of pyridine rings is 1. The van der Waals surface area contributed by atoms with Crippen molar-refractivity contribution >= 4 is 17.5 Å². The first kappa shape index (κ1) is 31.0. The molecule has 0 spiro atoms. The lowest BCUT2D eigenvalue weighted by Crippen LogP contribution is -2.49. The fraction of sp³-hybridized carbons (Fsp3) is 0.367. The SMILES string of the molecule is COc1ccc(CN(C(=O)c2cccc([N+](=O)OC)c2)C(C(=O)NC(C)(C)C)c2c(CO)cnc(C)c2OC)cc1. The minimum Gasteiger partial charge on any atom is -0.497 e. The van der Waals surface area contributed by atoms with E-state index < -0.39 is 30.0 Å². The molecule has 0 saturated heterocycles. The quantitative estimate of drug-likeness (QED) is 0.332. The molecule has 1 heterocycles. The first-order valence-electron chi connectivity index (χ1n) is 12.9. The molecular weight excluding hydrogens is 528 g/mol. The maximum Gasteiger partial charge on any atom is 0.317 e. The zero-order valence-corrected chi connectivity index (χ0v) is 24.4. The van der Waals surface area contributed by atoms with E-state index in [1.807, 2.05) is 20.8 Å². The molecule has 2 aromatic carbocycles. The van der Waals surface area contributed by atoms with Gasteiger partial charge in [0.2, 0.25) is 5.91 Å². The van der Waals surface area contributed by atoms with Crippen molar-refractivity contribution in [1.82, 2.24) is 15.2 Å². The number of hydrogen-bond donors (Lipinski definition) is 2. The van der Waals surface area contributed by atoms with Gasteiger partial charge in [-0.15, -0.1) is 0 Å². The smallest absolute Gasteiger partial charge is 0.317 e. The number of nitrogens with zero attached hydrogens (tertiary/aromatic N) is 3. The van der Waals surface area contributed by atoms with E-state index in [0.29, 0.717) is 28.1 Å². The Bertz CT molecular complexity index is 1400. The van der Waals surface area contributed by atoms with E-state index >= 15 is 0 Å². The summed E-state index contributed by atoms with van der Waals surface area (Å²) in [5.74, 6) is -0.124. The second-order valence-corrected chi connectivity index (χ2v) is 10.4. The molecule has 2 amide bonds. The number of aliphatic hydroxyl groups is 1. The van der Waals surface area contributed by atoms with Gasteiger partial charge in [0.05, 0.1) is 31.4 Å². The highest BCUT2D eigenvalue weighted by atomic mass is 16.8. The van der Waals surface area contributed by atoms with Crippen LogP contribution in [-0.4, -0.2) is 58.6 Å². The molecule has 0 saturated carbocycles. The summed E-state index contributed by atoms with van der Waals surface area (Å²) in [7, 11) is 4.22. The number of hydrogen-bond acceptors (Lipinski definition) is 8. The van der Waals surface area contributed by atoms with Gasteiger partial charge in [0.1, 0.15) is 17.5 Å². The fourth-order valence-electron chi connectivity index (χ4n) is 4.43. The molecule has 0 aliphatic rings. The number of amides is 2. The van der Waals surface area contributed by atoms with Crippen molar-refractivity contribution in [3.63, 3.8) is 0 Å². The summed E-state index contributed by atoms with van der Waals surface area (Å²) >= 11 is 0. The number of rotatable bonds is 11. The lowest BCUT2D eigenvalue weighted by Gasteiger charge is -2.35. The Kier molecular flexibility index (Phi) is 10.0. The Balaban J connectivity index is 2.30. The van der Waals surface area contributed by atoms with Crippen LogP contribution < -0.4 is 14.8 Å². The lowest BCUT2D eigenvalue weighted by atomic mass is 9.95. The standard InChI is InChI=1S/C30H36N4O7/c1-19-27(40-6)25(22(18-35)16-31-19)26(28(36)32-30(2,3)4)33(17-20-11-13-24(39-5)14-12-20)29(37)21-9-8-10-23(15-21)34(38)41-7/h8-16,26,35H,17-18H2,1-7H3/p+1. The highest BCUT2D eigenvalue weighted by Gasteiger charge is 2.38. The van der Waals surface area contributed by atoms with Crippen molar-refractivity contribution in [1.29, 1.82) is 0 Å². The molecule has 3 aromatic rings. The zero-order valence-electron chi connectivity index (χ0n) is 24.4. The molecule has 0 aliphatic heterocycles. The number of carbonyl (C=O) groups excluding carboxylic acids is 2. The van der Waals surface area contributed by atoms with E-state index in [2.05, 4.69) is 10.3 Å². The summed E-state index contributed by atoms with van der Waals surface area (Å²) in [5.41, 5.74) is 1.43. The number of aliphatic hydroxyl groups excluding tert-OH is 1. The molecule has 3 rings (SSSR count). The van der Waals surface area contributed by atoms with Crippen molar-refractivity contribution in [3.8, 4) is 11.5 Å². The molecule has 1 unspecified atom stereocenters. The van der Waals surface area contributed by atoms with Crippen molar-refractivity contribution in [3.05, 3.63) is 87.6 Å². The molecule has 0 radical (unpaired) electrons. The average Bonchev–Trinajstić information content (AvgIpc) is 2.95. The van der Waals surface area contributed by atoms with Gasteiger partial charge in [-0.1, -0.05) is 18.2 Å². The van der Waals surface area contributed by atoms with E-state index in [-0.39, 0.29) is 28.5 Å². The minimum atomic E-state index is -1.25. The van der Waals surface area contributed by atoms with Crippen LogP contribution in [0.1, 0.15) is 59.6 Å². The third-order valence-electron chi connectivity index (χ3n) is 6.28. The van der Waals surface area contributed by atoms with E-state index in [0.717, 1.165) is 0 Å². The molecule has 11 heteroatoms. The molecule has 218 valence electrons. The molecule has 2 N–H and O–H groups in total. The average molecular weight is 566 g/mol. The molecule has 0 bridgehead atoms. The highest BCUT2D eigenvalue weighted by molar-refractivity contribution is 5.98. The van der Waals surface area contributed by atoms with Gasteiger partial charge in [0.15, 0.2) is 7.11 Å². The summed E-state index contributed by atoms with van der Waals surface area (Å²) in [6, 6.07) is 11.8. The van der Waals surface area contributed by atoms with Gasteiger partial charge in [-0.05, 0) is 51.5 Å². The van der Waals surface area contributed by atoms with Crippen LogP contribution in [0.2, 0.25) is 0 Å². The van der Waals surface area contributed by atoms with Gasteiger partial charge in [0.25, 0.3) is 10.8 Å². The monoisotopic (exact) mass is 565 g/mol. The lowest BCUT2D eigenvalue weighted by molar-refractivity contribution is -0.736. The van der Waals surface area contributed by atoms with Crippen molar-refractivity contribution < 1.29 is 33.9 Å². The van der Waals surface area contributed by atoms with E-state index in [4.69, 9.17) is 14.3 Å². The van der Waals surface area contributed by atoms with Gasteiger partial charge in [0, 0.05) is 47.1 Å². The highest BCUT2D eigenvalue weighted by Crippen LogP contribution is 2.37. The summed E-state index contributed by atoms with van der Waals surface area (Å²) < 4.78 is 11.0. The first-order chi connectivity index (χ1) is 19.4. The predicted octanol–water partition coefficient (Wildman–Crippen LogP) is 4.17. The first-order valence-corrected chi connectivity index (χ1v) is 12.9. The van der Waals surface area contributed by atoms with Gasteiger partial charge >= 0.3 is 5.69 Å². The number of aryl methyl sites for hydroxylation is 1. The topological polar surface area (TPSA) is 130 Å². The number of ether oxygens (including phenoxy) is 2. The number of carbonyl (C=O) groups is 2. The van der Waals surface area contributed by atoms with Crippen LogP contribution in [-0.2, 0) is 22.8 Å². The van der Waals surface area contributed by atoms with Gasteiger partial charge < -0.3 is 24.8 Å². The van der Waals surface area contributed by atoms with Crippen LogP contribution in [0.25, 0.3) is 0 Å². The van der Waals surface area contributed by atoms with Crippen molar-refractivity contribution in [2.75, 3.05) is 21.3 Å². The van der Waals surface area contributed by atoms with E-state index in [1.165, 1.54) is 37.4 Å². The molecule has 11 nitrogen and oxygen atoms in total. The zero-order chi connectivity index (χ0) is 30.3. The Labute approximate surface area is 239 Å². The van der Waals surface area contributed by atoms with Crippen LogP contribution in [0.5, 0.6) is 11.5 Å². The maximum absolute atomic E-state index is 14.3. The molecule has 1 atom stereocenters. The van der Waals surface area contributed by atoms with Crippen molar-refractivity contribution in [2.24, 2.45) is 0 Å². The minimum absolute atomic E-state index is 0.00392. The van der Waals surface area contributed by atoms with Gasteiger partial charge in [-0.2, -0.15) is 0 Å². The number of benzene rings is 2. The summed E-state index contributed by atoms with van der Waals surface area (Å²) in [5, 5.41) is 13.3. The molecule has 0 aliphatic carbocycles. The Morgan fingerprint density at radius 3 is 2.32 bits per heavy atom. The van der Waals surface area contributed by atoms with E-state index in [1.54, 1.807) is 50.4 Å². The third kappa shape index (κ3) is 7.37. The van der Waals surface area contributed by atoms with Crippen LogP contribution >= 0.6 is 0 Å². The molecule has 1 aromatic heterocycles. The maximum atomic E-state index is 14.3. The largest absolute Gasteiger partial charge is 0.497 e. The van der Waals surface area contributed by atoms with Crippen LogP contribution in [0.4, 0.5) is 5.69 Å². The van der Waals surface area contributed by atoms with Crippen LogP contribution in [0, 0.1) is 11.8 Å². The Morgan fingerprint density at radius 1 is 1.07 bits per heavy atom. The van der Waals surface area contributed by atoms with E-state index in [9.17, 15) is 19.6 Å². The number of aromatic nitrogens is 1. The van der Waals surface area contributed by atoms with Crippen molar-refractivity contribution in [2.45, 2.75) is 52.4 Å². The molecular formula is C30H37N4O7+. The summed E-state index contributed by atoms with van der Waals surface area (Å²) in [6.45, 7) is 6.76. The van der Waals surface area contributed by atoms with Gasteiger partial charge in [-0.3, -0.25) is 14.6 Å². The number of methoxy groups -OCH3 is 2. The van der Waals surface area contributed by atoms with Crippen LogP contribution in [0.3, 0.4) is 0 Å². The summed E-state index contributed by atoms with van der Waals surface area (Å²) in [6.07, 6.45) is 1.47. The normalized spacial score (nSPS) is 11.8. The third-order valence-corrected chi connectivity index (χ3v) is 6.28. The Hall–Kier alpha value is -4.51. The van der Waals surface area contributed by atoms with Gasteiger partial charge in [-0.25, -0.2) is 4.84 Å². The molecule has 41 heavy (non-hydrogen) atoms. The Morgan fingerprint density at radius 2 is 1.76 bits per heavy atom. The summed E-state index contributed by atoms with van der Waals surface area (Å²) in [4.78, 5) is 51.4. The van der Waals surface area contributed by atoms with Crippen LogP contribution in [0.15, 0.2) is 54.7 Å². The predicted molar refractivity (Wildman–Crippen MR) is 152 cm³/mol. The number of nitrogens with one attached hydrogen (secondary N) is 1. The second kappa shape index (κ2) is 13.2. The molecule has 0 fully saturated rings. The second-order valence-electron chi connectivity index (χ2n) is 10.4.